The number of aliphatic hydroxyl groups excluding tert-OH is 1. The number of aryl methyl sites for hydroxylation is 1. The molecular weight excluding hydrogens is 206 g/mol. The van der Waals surface area contributed by atoms with E-state index in [4.69, 9.17) is 0 Å². The molecule has 0 saturated heterocycles. The highest BCUT2D eigenvalue weighted by atomic mass is 79.9. The largest absolute Gasteiger partial charge is 0.389 e. The number of aromatic nitrogens is 1. The van der Waals surface area contributed by atoms with Crippen molar-refractivity contribution in [1.82, 2.24) is 4.98 Å². The predicted molar refractivity (Wildman–Crippen MR) is 47.3 cm³/mol. The summed E-state index contributed by atoms with van der Waals surface area (Å²) in [4.78, 5) is 4.02. The van der Waals surface area contributed by atoms with E-state index in [2.05, 4.69) is 20.9 Å². The van der Waals surface area contributed by atoms with E-state index in [0.29, 0.717) is 0 Å². The Labute approximate surface area is 74.4 Å². The Bertz CT molecular complexity index is 260. The van der Waals surface area contributed by atoms with Crippen molar-refractivity contribution in [3.05, 3.63) is 28.0 Å². The number of aliphatic hydroxyl groups is 1. The highest BCUT2D eigenvalue weighted by Gasteiger charge is 2.04. The highest BCUT2D eigenvalue weighted by molar-refractivity contribution is 9.10. The molecule has 0 amide bonds. The second-order valence-electron chi connectivity index (χ2n) is 2.54. The minimum absolute atomic E-state index is 0.435. The summed E-state index contributed by atoms with van der Waals surface area (Å²) in [5.41, 5.74) is 1.94. The second-order valence-corrected chi connectivity index (χ2v) is 3.35. The fraction of sp³-hybridized carbons (Fsp3) is 0.375. The maximum Gasteiger partial charge on any atom is 0.106 e. The summed E-state index contributed by atoms with van der Waals surface area (Å²) < 4.78 is 0.805. The summed E-state index contributed by atoms with van der Waals surface area (Å²) >= 11 is 3.25. The average Bonchev–Trinajstić information content (AvgIpc) is 1.85. The molecule has 3 heteroatoms. The zero-order valence-corrected chi connectivity index (χ0v) is 8.09. The molecule has 0 aliphatic carbocycles. The van der Waals surface area contributed by atoms with Crippen molar-refractivity contribution in [3.63, 3.8) is 0 Å². The van der Waals surface area contributed by atoms with Crippen molar-refractivity contribution in [1.29, 1.82) is 0 Å². The summed E-state index contributed by atoms with van der Waals surface area (Å²) in [6.45, 7) is 3.69. The first kappa shape index (κ1) is 8.68. The molecule has 1 N–H and O–H groups in total. The molecule has 0 bridgehead atoms. The molecule has 0 fully saturated rings. The van der Waals surface area contributed by atoms with Crippen molar-refractivity contribution in [2.45, 2.75) is 20.0 Å². The molecule has 11 heavy (non-hydrogen) atoms. The van der Waals surface area contributed by atoms with Crippen LogP contribution in [-0.2, 0) is 0 Å². The summed E-state index contributed by atoms with van der Waals surface area (Å²) in [6, 6.07) is 1.89. The number of hydrogen-bond donors (Lipinski definition) is 1. The number of rotatable bonds is 1. The maximum absolute atomic E-state index is 9.24. The Morgan fingerprint density at radius 1 is 1.64 bits per heavy atom. The summed E-state index contributed by atoms with van der Waals surface area (Å²) in [5.74, 6) is 0. The molecule has 0 aliphatic rings. The second kappa shape index (κ2) is 3.32. The molecule has 0 saturated carbocycles. The zero-order valence-electron chi connectivity index (χ0n) is 6.50. The smallest absolute Gasteiger partial charge is 0.106 e. The number of nitrogens with zero attached hydrogens (tertiary/aromatic N) is 1. The van der Waals surface area contributed by atoms with E-state index in [9.17, 15) is 5.11 Å². The highest BCUT2D eigenvalue weighted by Crippen LogP contribution is 2.18. The van der Waals surface area contributed by atoms with Gasteiger partial charge in [-0.15, -0.1) is 0 Å². The lowest BCUT2D eigenvalue weighted by Gasteiger charge is -2.07. The van der Waals surface area contributed by atoms with Crippen LogP contribution in [0.5, 0.6) is 0 Å². The van der Waals surface area contributed by atoms with Gasteiger partial charge in [0, 0.05) is 11.8 Å². The first-order valence-electron chi connectivity index (χ1n) is 3.41. The minimum atomic E-state index is -0.435. The zero-order chi connectivity index (χ0) is 8.43. The molecule has 2 nitrogen and oxygen atoms in total. The van der Waals surface area contributed by atoms with Crippen molar-refractivity contribution in [3.8, 4) is 0 Å². The SMILES string of the molecule is Cc1cc(Br)ncc1[C@H](C)O. The quantitative estimate of drug-likeness (QED) is 0.730. The van der Waals surface area contributed by atoms with E-state index in [0.717, 1.165) is 15.7 Å². The molecule has 1 rings (SSSR count). The molecule has 1 aromatic heterocycles. The first-order chi connectivity index (χ1) is 5.11. The van der Waals surface area contributed by atoms with Crippen molar-refractivity contribution < 1.29 is 5.11 Å². The van der Waals surface area contributed by atoms with E-state index in [1.54, 1.807) is 13.1 Å². The standard InChI is InChI=1S/C8H10BrNO/c1-5-3-8(9)10-4-7(5)6(2)11/h3-4,6,11H,1-2H3/t6-/m0/s1. The van der Waals surface area contributed by atoms with Crippen LogP contribution in [0.1, 0.15) is 24.2 Å². The average molecular weight is 216 g/mol. The first-order valence-corrected chi connectivity index (χ1v) is 4.20. The van der Waals surface area contributed by atoms with Gasteiger partial charge in [0.1, 0.15) is 4.60 Å². The van der Waals surface area contributed by atoms with Gasteiger partial charge in [0.05, 0.1) is 6.10 Å². The number of halogens is 1. The van der Waals surface area contributed by atoms with Gasteiger partial charge in [0.25, 0.3) is 0 Å². The lowest BCUT2D eigenvalue weighted by molar-refractivity contribution is 0.198. The summed E-state index contributed by atoms with van der Waals surface area (Å²) in [5, 5.41) is 9.24. The van der Waals surface area contributed by atoms with Crippen molar-refractivity contribution in [2.75, 3.05) is 0 Å². The number of pyridine rings is 1. The molecule has 1 aromatic rings. The van der Waals surface area contributed by atoms with Crippen LogP contribution in [0, 0.1) is 6.92 Å². The Hall–Kier alpha value is -0.410. The Morgan fingerprint density at radius 3 is 2.73 bits per heavy atom. The molecule has 0 unspecified atom stereocenters. The molecule has 1 heterocycles. The number of hydrogen-bond acceptors (Lipinski definition) is 2. The minimum Gasteiger partial charge on any atom is -0.389 e. The van der Waals surface area contributed by atoms with Gasteiger partial charge >= 0.3 is 0 Å². The summed E-state index contributed by atoms with van der Waals surface area (Å²) in [6.07, 6.45) is 1.25. The normalized spacial score (nSPS) is 13.1. The van der Waals surface area contributed by atoms with E-state index in [1.165, 1.54) is 0 Å². The van der Waals surface area contributed by atoms with Crippen LogP contribution in [0.25, 0.3) is 0 Å². The van der Waals surface area contributed by atoms with Gasteiger partial charge in [-0.05, 0) is 41.4 Å². The molecule has 0 radical (unpaired) electrons. The van der Waals surface area contributed by atoms with Gasteiger partial charge in [-0.1, -0.05) is 0 Å². The van der Waals surface area contributed by atoms with Gasteiger partial charge in [0.2, 0.25) is 0 Å². The van der Waals surface area contributed by atoms with Crippen LogP contribution in [0.4, 0.5) is 0 Å². The van der Waals surface area contributed by atoms with Crippen LogP contribution < -0.4 is 0 Å². The van der Waals surface area contributed by atoms with Crippen LogP contribution >= 0.6 is 15.9 Å². The molecule has 0 aliphatic heterocycles. The van der Waals surface area contributed by atoms with Crippen molar-refractivity contribution >= 4 is 15.9 Å². The predicted octanol–water partition coefficient (Wildman–Crippen LogP) is 2.21. The van der Waals surface area contributed by atoms with Crippen LogP contribution in [0.2, 0.25) is 0 Å². The fourth-order valence-electron chi connectivity index (χ4n) is 0.970. The Morgan fingerprint density at radius 2 is 2.27 bits per heavy atom. The van der Waals surface area contributed by atoms with E-state index < -0.39 is 6.10 Å². The topological polar surface area (TPSA) is 33.1 Å². The van der Waals surface area contributed by atoms with Gasteiger partial charge in [-0.3, -0.25) is 0 Å². The fourth-order valence-corrected chi connectivity index (χ4v) is 1.42. The van der Waals surface area contributed by atoms with E-state index in [-0.39, 0.29) is 0 Å². The third-order valence-corrected chi connectivity index (χ3v) is 2.00. The molecular formula is C8H10BrNO. The Kier molecular flexibility index (Phi) is 2.62. The Balaban J connectivity index is 3.09. The van der Waals surface area contributed by atoms with Gasteiger partial charge in [-0.2, -0.15) is 0 Å². The van der Waals surface area contributed by atoms with Gasteiger partial charge < -0.3 is 5.11 Å². The van der Waals surface area contributed by atoms with E-state index in [1.807, 2.05) is 13.0 Å². The van der Waals surface area contributed by atoms with Crippen LogP contribution in [-0.4, -0.2) is 10.1 Å². The van der Waals surface area contributed by atoms with Gasteiger partial charge in [0.15, 0.2) is 0 Å². The molecule has 60 valence electrons. The van der Waals surface area contributed by atoms with Crippen LogP contribution in [0.15, 0.2) is 16.9 Å². The molecule has 1 atom stereocenters. The van der Waals surface area contributed by atoms with Crippen molar-refractivity contribution in [2.24, 2.45) is 0 Å². The molecule has 0 spiro atoms. The maximum atomic E-state index is 9.24. The van der Waals surface area contributed by atoms with E-state index >= 15 is 0 Å². The van der Waals surface area contributed by atoms with Crippen LogP contribution in [0.3, 0.4) is 0 Å². The lowest BCUT2D eigenvalue weighted by Crippen LogP contribution is -1.95. The third-order valence-electron chi connectivity index (χ3n) is 1.57. The molecule has 0 aromatic carbocycles. The van der Waals surface area contributed by atoms with Gasteiger partial charge in [-0.25, -0.2) is 4.98 Å². The lowest BCUT2D eigenvalue weighted by atomic mass is 10.1. The summed E-state index contributed by atoms with van der Waals surface area (Å²) in [7, 11) is 0. The monoisotopic (exact) mass is 215 g/mol. The third kappa shape index (κ3) is 2.01.